The summed E-state index contributed by atoms with van der Waals surface area (Å²) in [4.78, 5) is 17.2. The molecule has 2 aliphatic rings. The van der Waals surface area contributed by atoms with E-state index in [2.05, 4.69) is 46.3 Å². The maximum atomic E-state index is 12.2. The molecule has 1 aromatic rings. The van der Waals surface area contributed by atoms with Gasteiger partial charge in [-0.1, -0.05) is 25.0 Å². The number of carbonyl (C=O) groups excluding carboxylic acids is 1. The first-order valence-corrected chi connectivity index (χ1v) is 10.2. The Kier molecular flexibility index (Phi) is 6.54. The zero-order valence-corrected chi connectivity index (χ0v) is 16.2. The number of nitrogens with one attached hydrogen (secondary N) is 1. The molecule has 1 amide bonds. The molecular weight excluding hydrogens is 324 g/mol. The van der Waals surface area contributed by atoms with Crippen LogP contribution in [0.2, 0.25) is 0 Å². The highest BCUT2D eigenvalue weighted by molar-refractivity contribution is 5.86. The predicted molar refractivity (Wildman–Crippen MR) is 107 cm³/mol. The van der Waals surface area contributed by atoms with Crippen molar-refractivity contribution >= 4 is 11.6 Å². The second kappa shape index (κ2) is 8.87. The number of unbranched alkanes of at least 4 members (excludes halogenated alkanes) is 1. The van der Waals surface area contributed by atoms with E-state index in [0.29, 0.717) is 0 Å². The summed E-state index contributed by atoms with van der Waals surface area (Å²) < 4.78 is 0. The monoisotopic (exact) mass is 358 g/mol. The van der Waals surface area contributed by atoms with Crippen molar-refractivity contribution in [2.75, 3.05) is 44.2 Å². The van der Waals surface area contributed by atoms with Crippen molar-refractivity contribution < 1.29 is 4.79 Å². The van der Waals surface area contributed by atoms with Crippen molar-refractivity contribution in [1.29, 1.82) is 0 Å². The standard InChI is InChI=1S/C21H34N4O/c1-18-7-6-8-19(17-18)25-15-13-24(14-16-25)12-5-4-11-23-20(26)21(22)9-2-3-10-21/h6-8,17H,2-5,9-16,22H2,1H3,(H,23,26). The summed E-state index contributed by atoms with van der Waals surface area (Å²) in [6, 6.07) is 8.77. The van der Waals surface area contributed by atoms with Crippen molar-refractivity contribution in [3.63, 3.8) is 0 Å². The number of hydrogen-bond acceptors (Lipinski definition) is 4. The average molecular weight is 359 g/mol. The van der Waals surface area contributed by atoms with Crippen LogP contribution < -0.4 is 16.0 Å². The Morgan fingerprint density at radius 1 is 1.15 bits per heavy atom. The summed E-state index contributed by atoms with van der Waals surface area (Å²) in [6.07, 6.45) is 5.99. The van der Waals surface area contributed by atoms with Gasteiger partial charge in [-0.2, -0.15) is 0 Å². The molecule has 0 unspecified atom stereocenters. The molecule has 1 saturated heterocycles. The topological polar surface area (TPSA) is 61.6 Å². The average Bonchev–Trinajstić information content (AvgIpc) is 3.10. The molecule has 3 rings (SSSR count). The van der Waals surface area contributed by atoms with E-state index in [9.17, 15) is 4.79 Å². The molecule has 3 N–H and O–H groups in total. The van der Waals surface area contributed by atoms with E-state index in [1.165, 1.54) is 11.3 Å². The molecule has 0 aromatic heterocycles. The van der Waals surface area contributed by atoms with Gasteiger partial charge in [0.25, 0.3) is 0 Å². The van der Waals surface area contributed by atoms with E-state index in [1.54, 1.807) is 0 Å². The first-order chi connectivity index (χ1) is 12.6. The quantitative estimate of drug-likeness (QED) is 0.734. The molecule has 0 spiro atoms. The Bertz CT molecular complexity index is 589. The number of nitrogens with zero attached hydrogens (tertiary/aromatic N) is 2. The highest BCUT2D eigenvalue weighted by atomic mass is 16.2. The number of aryl methyl sites for hydroxylation is 1. The molecule has 5 heteroatoms. The van der Waals surface area contributed by atoms with Gasteiger partial charge in [-0.25, -0.2) is 0 Å². The van der Waals surface area contributed by atoms with Crippen LogP contribution in [0.1, 0.15) is 44.1 Å². The maximum absolute atomic E-state index is 12.2. The second-order valence-corrected chi connectivity index (χ2v) is 7.99. The lowest BCUT2D eigenvalue weighted by molar-refractivity contribution is -0.126. The lowest BCUT2D eigenvalue weighted by atomic mass is 9.98. The third-order valence-corrected chi connectivity index (χ3v) is 5.87. The van der Waals surface area contributed by atoms with Crippen LogP contribution >= 0.6 is 0 Å². The first-order valence-electron chi connectivity index (χ1n) is 10.2. The molecule has 2 fully saturated rings. The highest BCUT2D eigenvalue weighted by Gasteiger charge is 2.36. The lowest BCUT2D eigenvalue weighted by Crippen LogP contribution is -2.52. The molecule has 1 heterocycles. The molecule has 144 valence electrons. The minimum absolute atomic E-state index is 0.0572. The number of amides is 1. The SMILES string of the molecule is Cc1cccc(N2CCN(CCCCNC(=O)C3(N)CCCC3)CC2)c1. The van der Waals surface area contributed by atoms with E-state index < -0.39 is 5.54 Å². The third-order valence-electron chi connectivity index (χ3n) is 5.87. The van der Waals surface area contributed by atoms with Crippen molar-refractivity contribution in [3.05, 3.63) is 29.8 Å². The lowest BCUT2D eigenvalue weighted by Gasteiger charge is -2.36. The molecule has 1 aliphatic carbocycles. The van der Waals surface area contributed by atoms with Crippen LogP contribution in [0.4, 0.5) is 5.69 Å². The van der Waals surface area contributed by atoms with Gasteiger partial charge in [0.15, 0.2) is 0 Å². The van der Waals surface area contributed by atoms with Crippen LogP contribution in [0.25, 0.3) is 0 Å². The molecule has 0 atom stereocenters. The minimum atomic E-state index is -0.591. The molecule has 0 radical (unpaired) electrons. The molecular formula is C21H34N4O. The normalized spacial score (nSPS) is 20.3. The molecule has 1 aromatic carbocycles. The number of carbonyl (C=O) groups is 1. The highest BCUT2D eigenvalue weighted by Crippen LogP contribution is 2.27. The molecule has 1 aliphatic heterocycles. The number of piperazine rings is 1. The predicted octanol–water partition coefficient (Wildman–Crippen LogP) is 2.28. The van der Waals surface area contributed by atoms with Gasteiger partial charge in [0.1, 0.15) is 0 Å². The van der Waals surface area contributed by atoms with Crippen molar-refractivity contribution in [3.8, 4) is 0 Å². The number of hydrogen-bond donors (Lipinski definition) is 2. The fourth-order valence-corrected chi connectivity index (χ4v) is 4.13. The second-order valence-electron chi connectivity index (χ2n) is 7.99. The van der Waals surface area contributed by atoms with Crippen LogP contribution in [0, 0.1) is 6.92 Å². The fourth-order valence-electron chi connectivity index (χ4n) is 4.13. The smallest absolute Gasteiger partial charge is 0.240 e. The van der Waals surface area contributed by atoms with E-state index in [0.717, 1.165) is 77.8 Å². The summed E-state index contributed by atoms with van der Waals surface area (Å²) in [7, 11) is 0. The Morgan fingerprint density at radius 3 is 2.58 bits per heavy atom. The van der Waals surface area contributed by atoms with Crippen LogP contribution in [-0.2, 0) is 4.79 Å². The summed E-state index contributed by atoms with van der Waals surface area (Å²) >= 11 is 0. The zero-order chi connectivity index (χ0) is 18.4. The van der Waals surface area contributed by atoms with Crippen LogP contribution in [-0.4, -0.2) is 55.6 Å². The van der Waals surface area contributed by atoms with Crippen LogP contribution in [0.5, 0.6) is 0 Å². The zero-order valence-electron chi connectivity index (χ0n) is 16.2. The Hall–Kier alpha value is -1.59. The van der Waals surface area contributed by atoms with Crippen molar-refractivity contribution in [2.24, 2.45) is 5.73 Å². The van der Waals surface area contributed by atoms with Crippen molar-refractivity contribution in [2.45, 2.75) is 51.0 Å². The van der Waals surface area contributed by atoms with E-state index in [4.69, 9.17) is 5.73 Å². The van der Waals surface area contributed by atoms with Crippen LogP contribution in [0.15, 0.2) is 24.3 Å². The van der Waals surface area contributed by atoms with Gasteiger partial charge in [0.2, 0.25) is 5.91 Å². The number of benzene rings is 1. The Morgan fingerprint density at radius 2 is 1.88 bits per heavy atom. The van der Waals surface area contributed by atoms with Gasteiger partial charge < -0.3 is 16.0 Å². The first kappa shape index (κ1) is 19.2. The third kappa shape index (κ3) is 4.98. The van der Waals surface area contributed by atoms with Gasteiger partial charge >= 0.3 is 0 Å². The van der Waals surface area contributed by atoms with Crippen LogP contribution in [0.3, 0.4) is 0 Å². The fraction of sp³-hybridized carbons (Fsp3) is 0.667. The summed E-state index contributed by atoms with van der Waals surface area (Å²) in [6.45, 7) is 8.44. The van der Waals surface area contributed by atoms with Crippen molar-refractivity contribution in [1.82, 2.24) is 10.2 Å². The van der Waals surface area contributed by atoms with E-state index in [1.807, 2.05) is 0 Å². The number of anilines is 1. The molecule has 1 saturated carbocycles. The van der Waals surface area contributed by atoms with E-state index >= 15 is 0 Å². The van der Waals surface area contributed by atoms with Gasteiger partial charge in [0.05, 0.1) is 5.54 Å². The summed E-state index contributed by atoms with van der Waals surface area (Å²) in [5, 5.41) is 3.05. The van der Waals surface area contributed by atoms with Gasteiger partial charge in [-0.05, 0) is 56.8 Å². The summed E-state index contributed by atoms with van der Waals surface area (Å²) in [5.74, 6) is 0.0572. The summed E-state index contributed by atoms with van der Waals surface area (Å²) in [5.41, 5.74) is 8.25. The minimum Gasteiger partial charge on any atom is -0.369 e. The van der Waals surface area contributed by atoms with E-state index in [-0.39, 0.29) is 5.91 Å². The Labute approximate surface area is 157 Å². The Balaban J connectivity index is 1.29. The number of nitrogens with two attached hydrogens (primary N) is 1. The maximum Gasteiger partial charge on any atom is 0.240 e. The molecule has 5 nitrogen and oxygen atoms in total. The van der Waals surface area contributed by atoms with Gasteiger partial charge in [-0.3, -0.25) is 9.69 Å². The molecule has 0 bridgehead atoms. The van der Waals surface area contributed by atoms with Gasteiger partial charge in [0, 0.05) is 38.4 Å². The van der Waals surface area contributed by atoms with Gasteiger partial charge in [-0.15, -0.1) is 0 Å². The molecule has 26 heavy (non-hydrogen) atoms. The number of rotatable bonds is 7. The largest absolute Gasteiger partial charge is 0.369 e.